The molecule has 0 saturated heterocycles. The van der Waals surface area contributed by atoms with Crippen molar-refractivity contribution in [3.63, 3.8) is 0 Å². The van der Waals surface area contributed by atoms with E-state index in [0.717, 1.165) is 22.2 Å². The smallest absolute Gasteiger partial charge is 0.232 e. The fourth-order valence-corrected chi connectivity index (χ4v) is 2.75. The van der Waals surface area contributed by atoms with E-state index in [-0.39, 0.29) is 5.91 Å². The Morgan fingerprint density at radius 1 is 1.44 bits per heavy atom. The van der Waals surface area contributed by atoms with Gasteiger partial charge in [-0.15, -0.1) is 0 Å². The molecule has 5 heteroatoms. The van der Waals surface area contributed by atoms with Crippen molar-refractivity contribution in [2.75, 3.05) is 25.1 Å². The van der Waals surface area contributed by atoms with Gasteiger partial charge in [0.05, 0.1) is 5.75 Å². The minimum absolute atomic E-state index is 0.160. The third-order valence-electron chi connectivity index (χ3n) is 2.51. The van der Waals surface area contributed by atoms with E-state index in [1.165, 1.54) is 0 Å². The molecule has 3 nitrogen and oxygen atoms in total. The van der Waals surface area contributed by atoms with Crippen molar-refractivity contribution in [2.24, 2.45) is 5.73 Å². The zero-order valence-corrected chi connectivity index (χ0v) is 13.0. The highest BCUT2D eigenvalue weighted by atomic mass is 79.9. The summed E-state index contributed by atoms with van der Waals surface area (Å²) in [6, 6.07) is 7.96. The van der Waals surface area contributed by atoms with Crippen LogP contribution in [-0.4, -0.2) is 35.9 Å². The molecule has 0 radical (unpaired) electrons. The third-order valence-corrected chi connectivity index (χ3v) is 4.31. The van der Waals surface area contributed by atoms with Crippen LogP contribution in [0.2, 0.25) is 0 Å². The predicted molar refractivity (Wildman–Crippen MR) is 81.6 cm³/mol. The molecular weight excluding hydrogens is 312 g/mol. The molecule has 0 fully saturated rings. The molecule has 1 aromatic rings. The first-order valence-corrected chi connectivity index (χ1v) is 7.85. The molecule has 18 heavy (non-hydrogen) atoms. The predicted octanol–water partition coefficient (Wildman–Crippen LogP) is 2.49. The lowest BCUT2D eigenvalue weighted by Gasteiger charge is -2.17. The molecule has 0 aliphatic rings. The van der Waals surface area contributed by atoms with Crippen molar-refractivity contribution < 1.29 is 4.79 Å². The van der Waals surface area contributed by atoms with Crippen molar-refractivity contribution in [3.05, 3.63) is 34.3 Å². The van der Waals surface area contributed by atoms with E-state index in [9.17, 15) is 4.79 Å². The second kappa shape index (κ2) is 8.56. The number of benzene rings is 1. The van der Waals surface area contributed by atoms with Gasteiger partial charge in [0.2, 0.25) is 5.91 Å². The van der Waals surface area contributed by atoms with Crippen molar-refractivity contribution in [2.45, 2.75) is 13.0 Å². The molecular formula is C13H19BrN2OS. The Labute approximate surface area is 121 Å². The van der Waals surface area contributed by atoms with E-state index in [0.29, 0.717) is 18.8 Å². The number of halogens is 1. The number of nitrogens with two attached hydrogens (primary N) is 1. The number of carbonyl (C=O) groups excluding carboxylic acids is 1. The lowest BCUT2D eigenvalue weighted by molar-refractivity contribution is -0.127. The molecule has 100 valence electrons. The molecule has 1 amide bonds. The normalized spacial score (nSPS) is 10.4. The van der Waals surface area contributed by atoms with Crippen LogP contribution in [0.3, 0.4) is 0 Å². The van der Waals surface area contributed by atoms with Crippen molar-refractivity contribution >= 4 is 33.6 Å². The molecule has 0 spiro atoms. The molecule has 0 heterocycles. The lowest BCUT2D eigenvalue weighted by Crippen LogP contribution is -2.28. The third kappa shape index (κ3) is 5.42. The monoisotopic (exact) mass is 330 g/mol. The Morgan fingerprint density at radius 2 is 2.17 bits per heavy atom. The minimum atomic E-state index is 0.160. The Kier molecular flexibility index (Phi) is 7.39. The first-order valence-electron chi connectivity index (χ1n) is 5.90. The number of carbonyl (C=O) groups is 1. The van der Waals surface area contributed by atoms with Gasteiger partial charge in [-0.3, -0.25) is 4.79 Å². The van der Waals surface area contributed by atoms with Gasteiger partial charge in [0.1, 0.15) is 0 Å². The van der Waals surface area contributed by atoms with Gasteiger partial charge < -0.3 is 10.6 Å². The zero-order valence-electron chi connectivity index (χ0n) is 10.6. The van der Waals surface area contributed by atoms with Gasteiger partial charge >= 0.3 is 0 Å². The summed E-state index contributed by atoms with van der Waals surface area (Å²) in [5.74, 6) is 1.64. The van der Waals surface area contributed by atoms with Crippen LogP contribution in [0.4, 0.5) is 0 Å². The number of nitrogens with zero attached hydrogens (tertiary/aromatic N) is 1. The Hall–Kier alpha value is -0.520. The highest BCUT2D eigenvalue weighted by molar-refractivity contribution is 9.10. The first-order chi connectivity index (χ1) is 8.65. The zero-order chi connectivity index (χ0) is 13.4. The second-order valence-corrected chi connectivity index (χ2v) is 6.00. The maximum Gasteiger partial charge on any atom is 0.232 e. The SMILES string of the molecule is CN(Cc1ccccc1Br)C(=O)CSCCCN. The van der Waals surface area contributed by atoms with Gasteiger partial charge in [0.15, 0.2) is 0 Å². The summed E-state index contributed by atoms with van der Waals surface area (Å²) in [5, 5.41) is 0. The number of thioether (sulfide) groups is 1. The quantitative estimate of drug-likeness (QED) is 0.781. The standard InChI is InChI=1S/C13H19BrN2OS/c1-16(13(17)10-18-8-4-7-15)9-11-5-2-3-6-12(11)14/h2-3,5-6H,4,7-10,15H2,1H3. The fraction of sp³-hybridized carbons (Fsp3) is 0.462. The van der Waals surface area contributed by atoms with Crippen LogP contribution in [0.1, 0.15) is 12.0 Å². The highest BCUT2D eigenvalue weighted by Gasteiger charge is 2.10. The van der Waals surface area contributed by atoms with E-state index >= 15 is 0 Å². The Balaban J connectivity index is 2.38. The van der Waals surface area contributed by atoms with Gasteiger partial charge in [-0.05, 0) is 30.3 Å². The second-order valence-electron chi connectivity index (χ2n) is 4.04. The van der Waals surface area contributed by atoms with Crippen LogP contribution in [0.25, 0.3) is 0 Å². The van der Waals surface area contributed by atoms with E-state index in [1.807, 2.05) is 31.3 Å². The Morgan fingerprint density at radius 3 is 2.83 bits per heavy atom. The van der Waals surface area contributed by atoms with E-state index in [4.69, 9.17) is 5.73 Å². The minimum Gasteiger partial charge on any atom is -0.341 e. The maximum atomic E-state index is 11.9. The van der Waals surface area contributed by atoms with Gasteiger partial charge in [-0.2, -0.15) is 11.8 Å². The first kappa shape index (κ1) is 15.5. The maximum absolute atomic E-state index is 11.9. The number of rotatable bonds is 7. The van der Waals surface area contributed by atoms with Crippen LogP contribution in [0.5, 0.6) is 0 Å². The average molecular weight is 331 g/mol. The van der Waals surface area contributed by atoms with E-state index < -0.39 is 0 Å². The van der Waals surface area contributed by atoms with Crippen molar-refractivity contribution in [3.8, 4) is 0 Å². The molecule has 2 N–H and O–H groups in total. The van der Waals surface area contributed by atoms with Gasteiger partial charge in [0, 0.05) is 18.1 Å². The molecule has 0 saturated carbocycles. The summed E-state index contributed by atoms with van der Waals surface area (Å²) < 4.78 is 1.04. The van der Waals surface area contributed by atoms with Gasteiger partial charge in [-0.1, -0.05) is 34.1 Å². The molecule has 0 aliphatic heterocycles. The van der Waals surface area contributed by atoms with Crippen LogP contribution < -0.4 is 5.73 Å². The van der Waals surface area contributed by atoms with Crippen LogP contribution in [0, 0.1) is 0 Å². The molecule has 0 aromatic heterocycles. The lowest BCUT2D eigenvalue weighted by atomic mass is 10.2. The summed E-state index contributed by atoms with van der Waals surface area (Å²) >= 11 is 5.14. The summed E-state index contributed by atoms with van der Waals surface area (Å²) in [5.41, 5.74) is 6.54. The van der Waals surface area contributed by atoms with Crippen LogP contribution in [0.15, 0.2) is 28.7 Å². The summed E-state index contributed by atoms with van der Waals surface area (Å²) in [4.78, 5) is 13.6. The average Bonchev–Trinajstić information content (AvgIpc) is 2.37. The van der Waals surface area contributed by atoms with Gasteiger partial charge in [-0.25, -0.2) is 0 Å². The van der Waals surface area contributed by atoms with Crippen molar-refractivity contribution in [1.29, 1.82) is 0 Å². The van der Waals surface area contributed by atoms with Crippen LogP contribution >= 0.6 is 27.7 Å². The van der Waals surface area contributed by atoms with Crippen molar-refractivity contribution in [1.82, 2.24) is 4.90 Å². The molecule has 0 unspecified atom stereocenters. The molecule has 1 rings (SSSR count). The molecule has 0 bridgehead atoms. The summed E-state index contributed by atoms with van der Waals surface area (Å²) in [6.07, 6.45) is 0.964. The number of amides is 1. The Bertz CT molecular complexity index is 387. The highest BCUT2D eigenvalue weighted by Crippen LogP contribution is 2.17. The topological polar surface area (TPSA) is 46.3 Å². The fourth-order valence-electron chi connectivity index (χ4n) is 1.43. The molecule has 0 atom stereocenters. The number of hydrogen-bond acceptors (Lipinski definition) is 3. The summed E-state index contributed by atoms with van der Waals surface area (Å²) in [6.45, 7) is 1.33. The molecule has 0 aliphatic carbocycles. The molecule has 1 aromatic carbocycles. The largest absolute Gasteiger partial charge is 0.341 e. The van der Waals surface area contributed by atoms with Gasteiger partial charge in [0.25, 0.3) is 0 Å². The summed E-state index contributed by atoms with van der Waals surface area (Å²) in [7, 11) is 1.84. The van der Waals surface area contributed by atoms with E-state index in [1.54, 1.807) is 16.7 Å². The number of hydrogen-bond donors (Lipinski definition) is 1. The van der Waals surface area contributed by atoms with E-state index in [2.05, 4.69) is 15.9 Å². The van der Waals surface area contributed by atoms with Crippen LogP contribution in [-0.2, 0) is 11.3 Å².